The molecule has 1 aromatic carbocycles. The van der Waals surface area contributed by atoms with E-state index in [9.17, 15) is 9.59 Å². The number of fused-ring (bicyclic) bond motifs is 1. The first kappa shape index (κ1) is 12.4. The number of aromatic amines is 1. The molecule has 100 valence electrons. The van der Waals surface area contributed by atoms with Gasteiger partial charge in [-0.3, -0.25) is 4.79 Å². The molecule has 0 aliphatic rings. The van der Waals surface area contributed by atoms with Gasteiger partial charge >= 0.3 is 5.97 Å². The van der Waals surface area contributed by atoms with Gasteiger partial charge in [-0.05, 0) is 24.3 Å². The molecule has 5 nitrogen and oxygen atoms in total. The van der Waals surface area contributed by atoms with Gasteiger partial charge < -0.3 is 15.4 Å². The van der Waals surface area contributed by atoms with Crippen LogP contribution in [0.5, 0.6) is 0 Å². The Morgan fingerprint density at radius 2 is 2.00 bits per heavy atom. The highest BCUT2D eigenvalue weighted by molar-refractivity contribution is 7.18. The van der Waals surface area contributed by atoms with Crippen LogP contribution in [-0.2, 0) is 0 Å². The number of amides is 1. The Bertz CT molecular complexity index is 803. The van der Waals surface area contributed by atoms with E-state index in [1.165, 1.54) is 6.07 Å². The van der Waals surface area contributed by atoms with Gasteiger partial charge in [-0.25, -0.2) is 4.79 Å². The predicted molar refractivity (Wildman–Crippen MR) is 77.5 cm³/mol. The molecule has 0 fully saturated rings. The van der Waals surface area contributed by atoms with E-state index in [2.05, 4.69) is 10.3 Å². The van der Waals surface area contributed by atoms with Crippen LogP contribution in [0.1, 0.15) is 20.0 Å². The third-order valence-electron chi connectivity index (χ3n) is 2.89. The fourth-order valence-corrected chi connectivity index (χ4v) is 2.71. The first-order chi connectivity index (χ1) is 9.65. The Morgan fingerprint density at radius 1 is 1.15 bits per heavy atom. The van der Waals surface area contributed by atoms with Gasteiger partial charge in [0.05, 0.1) is 16.1 Å². The van der Waals surface area contributed by atoms with Crippen molar-refractivity contribution in [3.63, 3.8) is 0 Å². The van der Waals surface area contributed by atoms with Gasteiger partial charge in [0.2, 0.25) is 0 Å². The first-order valence-electron chi connectivity index (χ1n) is 5.86. The minimum absolute atomic E-state index is 0.193. The zero-order valence-electron chi connectivity index (χ0n) is 10.2. The lowest BCUT2D eigenvalue weighted by Crippen LogP contribution is -2.11. The number of benzene rings is 1. The number of hydrogen-bond donors (Lipinski definition) is 3. The van der Waals surface area contributed by atoms with Crippen molar-refractivity contribution >= 4 is 39.1 Å². The molecule has 0 aliphatic carbocycles. The van der Waals surface area contributed by atoms with Gasteiger partial charge in [0.1, 0.15) is 4.88 Å². The molecule has 0 spiro atoms. The van der Waals surface area contributed by atoms with Crippen molar-refractivity contribution in [2.45, 2.75) is 0 Å². The van der Waals surface area contributed by atoms with E-state index < -0.39 is 5.97 Å². The van der Waals surface area contributed by atoms with Crippen LogP contribution in [0.25, 0.3) is 10.9 Å². The number of carbonyl (C=O) groups excluding carboxylic acids is 1. The van der Waals surface area contributed by atoms with Gasteiger partial charge in [-0.15, -0.1) is 11.3 Å². The summed E-state index contributed by atoms with van der Waals surface area (Å²) in [5.74, 6) is -1.26. The highest BCUT2D eigenvalue weighted by Gasteiger charge is 2.13. The summed E-state index contributed by atoms with van der Waals surface area (Å²) in [7, 11) is 0. The number of carboxylic acid groups (broad SMARTS) is 1. The lowest BCUT2D eigenvalue weighted by molar-refractivity contribution is 0.0702. The largest absolute Gasteiger partial charge is 0.477 e. The van der Waals surface area contributed by atoms with Gasteiger partial charge in [0, 0.05) is 11.6 Å². The van der Waals surface area contributed by atoms with E-state index in [4.69, 9.17) is 5.11 Å². The first-order valence-corrected chi connectivity index (χ1v) is 6.67. The number of hydrogen-bond acceptors (Lipinski definition) is 3. The van der Waals surface area contributed by atoms with Crippen molar-refractivity contribution in [1.82, 2.24) is 4.98 Å². The highest BCUT2D eigenvalue weighted by atomic mass is 32.1. The average molecular weight is 286 g/mol. The van der Waals surface area contributed by atoms with E-state index in [0.717, 1.165) is 22.2 Å². The fraction of sp³-hybridized carbons (Fsp3) is 0. The Balaban J connectivity index is 1.89. The predicted octanol–water partition coefficient (Wildman–Crippen LogP) is 3.18. The van der Waals surface area contributed by atoms with Crippen LogP contribution in [-0.4, -0.2) is 22.0 Å². The third-order valence-corrected chi connectivity index (χ3v) is 3.87. The van der Waals surface area contributed by atoms with E-state index in [1.54, 1.807) is 18.3 Å². The van der Waals surface area contributed by atoms with Crippen molar-refractivity contribution in [3.8, 4) is 0 Å². The third kappa shape index (κ3) is 2.17. The molecule has 0 atom stereocenters. The van der Waals surface area contributed by atoms with Crippen molar-refractivity contribution in [1.29, 1.82) is 0 Å². The van der Waals surface area contributed by atoms with Crippen molar-refractivity contribution in [2.75, 3.05) is 5.32 Å². The number of aromatic nitrogens is 1. The van der Waals surface area contributed by atoms with Crippen LogP contribution in [0, 0.1) is 0 Å². The molecule has 1 amide bonds. The quantitative estimate of drug-likeness (QED) is 0.691. The monoisotopic (exact) mass is 286 g/mol. The second-order valence-corrected chi connectivity index (χ2v) is 5.25. The maximum atomic E-state index is 12.2. The number of carboxylic acids is 1. The molecule has 0 saturated carbocycles. The lowest BCUT2D eigenvalue weighted by atomic mass is 10.1. The number of nitrogens with one attached hydrogen (secondary N) is 2. The number of H-pyrrole nitrogens is 1. The summed E-state index contributed by atoms with van der Waals surface area (Å²) in [6.45, 7) is 0. The Morgan fingerprint density at radius 3 is 2.75 bits per heavy atom. The molecule has 2 heterocycles. The van der Waals surface area contributed by atoms with Crippen LogP contribution in [0.4, 0.5) is 5.00 Å². The molecule has 3 N–H and O–H groups in total. The molecule has 0 radical (unpaired) electrons. The van der Waals surface area contributed by atoms with E-state index in [0.29, 0.717) is 10.6 Å². The van der Waals surface area contributed by atoms with Gasteiger partial charge in [-0.1, -0.05) is 12.1 Å². The molecule has 0 saturated heterocycles. The second kappa shape index (κ2) is 4.82. The summed E-state index contributed by atoms with van der Waals surface area (Å²) in [6.07, 6.45) is 1.77. The van der Waals surface area contributed by atoms with Crippen LogP contribution < -0.4 is 5.32 Å². The summed E-state index contributed by atoms with van der Waals surface area (Å²) < 4.78 is 0. The maximum absolute atomic E-state index is 12.2. The van der Waals surface area contributed by atoms with Crippen molar-refractivity contribution in [3.05, 3.63) is 53.0 Å². The fourth-order valence-electron chi connectivity index (χ4n) is 1.97. The summed E-state index contributed by atoms with van der Waals surface area (Å²) in [5, 5.41) is 13.0. The molecule has 2 aromatic heterocycles. The number of thiophene rings is 1. The summed E-state index contributed by atoms with van der Waals surface area (Å²) >= 11 is 1.03. The second-order valence-electron chi connectivity index (χ2n) is 4.17. The van der Waals surface area contributed by atoms with Crippen molar-refractivity contribution in [2.24, 2.45) is 0 Å². The minimum atomic E-state index is -0.998. The summed E-state index contributed by atoms with van der Waals surface area (Å²) in [6, 6.07) is 10.4. The zero-order valence-corrected chi connectivity index (χ0v) is 11.0. The van der Waals surface area contributed by atoms with Crippen LogP contribution in [0.15, 0.2) is 42.6 Å². The van der Waals surface area contributed by atoms with Crippen LogP contribution >= 0.6 is 11.3 Å². The summed E-state index contributed by atoms with van der Waals surface area (Å²) in [4.78, 5) is 26.3. The zero-order chi connectivity index (χ0) is 14.1. The van der Waals surface area contributed by atoms with Crippen LogP contribution in [0.3, 0.4) is 0 Å². The number of rotatable bonds is 3. The van der Waals surface area contributed by atoms with E-state index in [-0.39, 0.29) is 10.8 Å². The Kier molecular flexibility index (Phi) is 3.00. The van der Waals surface area contributed by atoms with E-state index in [1.807, 2.05) is 18.2 Å². The smallest absolute Gasteiger partial charge is 0.345 e. The molecular weight excluding hydrogens is 276 g/mol. The van der Waals surface area contributed by atoms with Crippen molar-refractivity contribution < 1.29 is 14.7 Å². The molecule has 3 aromatic rings. The minimum Gasteiger partial charge on any atom is -0.477 e. The highest BCUT2D eigenvalue weighted by Crippen LogP contribution is 2.24. The topological polar surface area (TPSA) is 82.2 Å². The molecule has 0 unspecified atom stereocenters. The lowest BCUT2D eigenvalue weighted by Gasteiger charge is -2.03. The van der Waals surface area contributed by atoms with E-state index >= 15 is 0 Å². The average Bonchev–Trinajstić information content (AvgIpc) is 3.05. The molecule has 0 bridgehead atoms. The molecular formula is C14H10N2O3S. The van der Waals surface area contributed by atoms with Gasteiger partial charge in [0.15, 0.2) is 0 Å². The molecule has 0 aliphatic heterocycles. The van der Waals surface area contributed by atoms with Gasteiger partial charge in [0.25, 0.3) is 5.91 Å². The number of carbonyl (C=O) groups is 2. The number of aromatic carboxylic acids is 1. The molecule has 3 rings (SSSR count). The normalized spacial score (nSPS) is 10.6. The Hall–Kier alpha value is -2.60. The number of para-hydroxylation sites is 1. The molecule has 20 heavy (non-hydrogen) atoms. The van der Waals surface area contributed by atoms with Crippen LogP contribution in [0.2, 0.25) is 0 Å². The SMILES string of the molecule is O=C(O)c1ccc(NC(=O)c2cccc3cc[nH]c23)s1. The standard InChI is InChI=1S/C14H10N2O3S/c17-13(16-11-5-4-10(20-11)14(18)19)9-3-1-2-8-6-7-15-12(8)9/h1-7,15H,(H,16,17)(H,18,19). The maximum Gasteiger partial charge on any atom is 0.345 e. The molecule has 6 heteroatoms. The Labute approximate surface area is 117 Å². The van der Waals surface area contributed by atoms with Gasteiger partial charge in [-0.2, -0.15) is 0 Å². The summed E-state index contributed by atoms with van der Waals surface area (Å²) in [5.41, 5.74) is 1.29. The number of anilines is 1.